The van der Waals surface area contributed by atoms with E-state index in [0.717, 1.165) is 39.0 Å². The van der Waals surface area contributed by atoms with Crippen molar-refractivity contribution in [2.45, 2.75) is 57.4 Å². The van der Waals surface area contributed by atoms with Crippen LogP contribution in [0.4, 0.5) is 0 Å². The molecule has 7 heteroatoms. The van der Waals surface area contributed by atoms with E-state index < -0.39 is 10.0 Å². The summed E-state index contributed by atoms with van der Waals surface area (Å²) in [7, 11) is -3.59. The highest BCUT2D eigenvalue weighted by Crippen LogP contribution is 2.25. The van der Waals surface area contributed by atoms with Crippen molar-refractivity contribution in [3.63, 3.8) is 0 Å². The van der Waals surface area contributed by atoms with E-state index in [2.05, 4.69) is 4.90 Å². The van der Waals surface area contributed by atoms with Crippen LogP contribution in [0.15, 0.2) is 23.1 Å². The van der Waals surface area contributed by atoms with Gasteiger partial charge in [0, 0.05) is 37.8 Å². The van der Waals surface area contributed by atoms with Gasteiger partial charge in [-0.1, -0.05) is 19.9 Å². The molecule has 1 amide bonds. The van der Waals surface area contributed by atoms with Crippen molar-refractivity contribution in [3.05, 3.63) is 29.3 Å². The highest BCUT2D eigenvalue weighted by Gasteiger charge is 2.31. The number of nitrogens with zero attached hydrogens (tertiary/aromatic N) is 3. The van der Waals surface area contributed by atoms with Gasteiger partial charge in [0.1, 0.15) is 0 Å². The average Bonchev–Trinajstić information content (AvgIpc) is 3.23. The predicted molar refractivity (Wildman–Crippen MR) is 111 cm³/mol. The van der Waals surface area contributed by atoms with Gasteiger partial charge in [0.2, 0.25) is 10.0 Å². The minimum atomic E-state index is -3.59. The molecule has 0 N–H and O–H groups in total. The normalized spacial score (nSPS) is 21.4. The number of hydrogen-bond acceptors (Lipinski definition) is 4. The van der Waals surface area contributed by atoms with Crippen LogP contribution in [-0.2, 0) is 10.0 Å². The Morgan fingerprint density at radius 2 is 1.79 bits per heavy atom. The molecule has 2 aliphatic rings. The third-order valence-corrected chi connectivity index (χ3v) is 8.29. The third kappa shape index (κ3) is 4.26. The molecule has 0 aliphatic carbocycles. The Kier molecular flexibility index (Phi) is 6.78. The molecular weight excluding hydrogens is 374 g/mol. The SMILES string of the molecule is CCN(CC)S(=O)(=O)c1cc(C(=O)N2CCCC(N3CCCC3)C2)ccc1C. The van der Waals surface area contributed by atoms with E-state index in [-0.39, 0.29) is 10.8 Å². The number of aryl methyl sites for hydroxylation is 1. The predicted octanol–water partition coefficient (Wildman–Crippen LogP) is 2.73. The molecule has 0 aromatic heterocycles. The second-order valence-electron chi connectivity index (χ2n) is 7.86. The number of sulfonamides is 1. The van der Waals surface area contributed by atoms with Crippen LogP contribution in [0.3, 0.4) is 0 Å². The van der Waals surface area contributed by atoms with Crippen molar-refractivity contribution >= 4 is 15.9 Å². The summed E-state index contributed by atoms with van der Waals surface area (Å²) in [4.78, 5) is 17.8. The Bertz CT molecular complexity index is 799. The molecule has 2 heterocycles. The van der Waals surface area contributed by atoms with E-state index in [0.29, 0.717) is 30.3 Å². The lowest BCUT2D eigenvalue weighted by Gasteiger charge is -2.37. The number of piperidine rings is 1. The fraction of sp³-hybridized carbons (Fsp3) is 0.667. The molecule has 2 saturated heterocycles. The van der Waals surface area contributed by atoms with Crippen LogP contribution in [0.1, 0.15) is 55.5 Å². The number of likely N-dealkylation sites (tertiary alicyclic amines) is 2. The van der Waals surface area contributed by atoms with Crippen molar-refractivity contribution in [2.24, 2.45) is 0 Å². The van der Waals surface area contributed by atoms with Gasteiger partial charge in [-0.3, -0.25) is 9.69 Å². The zero-order valence-electron chi connectivity index (χ0n) is 17.4. The van der Waals surface area contributed by atoms with Crippen LogP contribution in [0.25, 0.3) is 0 Å². The van der Waals surface area contributed by atoms with Crippen molar-refractivity contribution in [3.8, 4) is 0 Å². The molecule has 2 fully saturated rings. The number of rotatable bonds is 6. The van der Waals surface area contributed by atoms with Gasteiger partial charge in [0.05, 0.1) is 4.90 Å². The summed E-state index contributed by atoms with van der Waals surface area (Å²) in [5, 5.41) is 0. The molecule has 1 aromatic carbocycles. The second-order valence-corrected chi connectivity index (χ2v) is 9.77. The van der Waals surface area contributed by atoms with Crippen LogP contribution >= 0.6 is 0 Å². The average molecular weight is 408 g/mol. The second kappa shape index (κ2) is 8.93. The first-order valence-corrected chi connectivity index (χ1v) is 12.0. The number of carbonyl (C=O) groups is 1. The standard InChI is InChI=1S/C21H33N3O3S/c1-4-24(5-2)28(26,27)20-15-18(11-10-17(20)3)21(25)23-14-8-9-19(16-23)22-12-6-7-13-22/h10-11,15,19H,4-9,12-14,16H2,1-3H3. The zero-order valence-corrected chi connectivity index (χ0v) is 18.2. The number of carbonyl (C=O) groups excluding carboxylic acids is 1. The van der Waals surface area contributed by atoms with E-state index in [1.54, 1.807) is 25.1 Å². The summed E-state index contributed by atoms with van der Waals surface area (Å²) >= 11 is 0. The lowest BCUT2D eigenvalue weighted by molar-refractivity contribution is 0.0607. The van der Waals surface area contributed by atoms with Gasteiger partial charge in [-0.05, 0) is 63.4 Å². The van der Waals surface area contributed by atoms with Gasteiger partial charge in [0.25, 0.3) is 5.91 Å². The third-order valence-electron chi connectivity index (χ3n) is 6.10. The summed E-state index contributed by atoms with van der Waals surface area (Å²) < 4.78 is 27.4. The van der Waals surface area contributed by atoms with Crippen molar-refractivity contribution in [1.29, 1.82) is 0 Å². The molecule has 0 bridgehead atoms. The molecular formula is C21H33N3O3S. The summed E-state index contributed by atoms with van der Waals surface area (Å²) in [6.45, 7) is 10.0. The topological polar surface area (TPSA) is 60.9 Å². The molecule has 1 aromatic rings. The zero-order chi connectivity index (χ0) is 20.3. The summed E-state index contributed by atoms with van der Waals surface area (Å²) in [5.41, 5.74) is 1.15. The van der Waals surface area contributed by atoms with Crippen molar-refractivity contribution < 1.29 is 13.2 Å². The monoisotopic (exact) mass is 407 g/mol. The summed E-state index contributed by atoms with van der Waals surface area (Å²) in [6.07, 6.45) is 4.63. The smallest absolute Gasteiger partial charge is 0.253 e. The van der Waals surface area contributed by atoms with Crippen molar-refractivity contribution in [1.82, 2.24) is 14.1 Å². The Morgan fingerprint density at radius 3 is 2.43 bits per heavy atom. The van der Waals surface area contributed by atoms with Gasteiger partial charge in [-0.2, -0.15) is 4.31 Å². The maximum atomic E-state index is 13.2. The number of hydrogen-bond donors (Lipinski definition) is 0. The molecule has 2 aliphatic heterocycles. The van der Waals surface area contributed by atoms with Crippen LogP contribution in [-0.4, -0.2) is 73.7 Å². The Labute approximate surface area is 169 Å². The van der Waals surface area contributed by atoms with Gasteiger partial charge in [-0.25, -0.2) is 8.42 Å². The maximum absolute atomic E-state index is 13.2. The minimum absolute atomic E-state index is 0.0557. The first kappa shape index (κ1) is 21.3. The van der Waals surface area contributed by atoms with E-state index in [9.17, 15) is 13.2 Å². The van der Waals surface area contributed by atoms with Gasteiger partial charge in [-0.15, -0.1) is 0 Å². The van der Waals surface area contributed by atoms with E-state index >= 15 is 0 Å². The molecule has 156 valence electrons. The highest BCUT2D eigenvalue weighted by atomic mass is 32.2. The van der Waals surface area contributed by atoms with Gasteiger partial charge < -0.3 is 4.90 Å². The highest BCUT2D eigenvalue weighted by molar-refractivity contribution is 7.89. The lowest BCUT2D eigenvalue weighted by Crippen LogP contribution is -2.49. The Hall–Kier alpha value is -1.44. The first-order chi connectivity index (χ1) is 13.4. The molecule has 0 spiro atoms. The molecule has 0 radical (unpaired) electrons. The Morgan fingerprint density at radius 1 is 1.11 bits per heavy atom. The lowest BCUT2D eigenvalue weighted by atomic mass is 10.0. The van der Waals surface area contributed by atoms with Gasteiger partial charge >= 0.3 is 0 Å². The number of benzene rings is 1. The fourth-order valence-corrected chi connectivity index (χ4v) is 6.15. The quantitative estimate of drug-likeness (QED) is 0.727. The van der Waals surface area contributed by atoms with Crippen LogP contribution in [0.5, 0.6) is 0 Å². The molecule has 3 rings (SSSR count). The van der Waals surface area contributed by atoms with E-state index in [1.165, 1.54) is 17.1 Å². The largest absolute Gasteiger partial charge is 0.337 e. The Balaban J connectivity index is 1.82. The fourth-order valence-electron chi connectivity index (χ4n) is 4.44. The van der Waals surface area contributed by atoms with Gasteiger partial charge in [0.15, 0.2) is 0 Å². The van der Waals surface area contributed by atoms with E-state index in [1.807, 2.05) is 18.7 Å². The molecule has 1 atom stereocenters. The maximum Gasteiger partial charge on any atom is 0.253 e. The van der Waals surface area contributed by atoms with Crippen molar-refractivity contribution in [2.75, 3.05) is 39.3 Å². The van der Waals surface area contributed by atoms with Crippen LogP contribution in [0, 0.1) is 6.92 Å². The van der Waals surface area contributed by atoms with E-state index in [4.69, 9.17) is 0 Å². The first-order valence-electron chi connectivity index (χ1n) is 10.5. The molecule has 1 unspecified atom stereocenters. The molecule has 6 nitrogen and oxygen atoms in total. The molecule has 28 heavy (non-hydrogen) atoms. The summed E-state index contributed by atoms with van der Waals surface area (Å²) in [5.74, 6) is -0.0557. The minimum Gasteiger partial charge on any atom is -0.337 e. The molecule has 0 saturated carbocycles. The van der Waals surface area contributed by atoms with Crippen LogP contribution in [0.2, 0.25) is 0 Å². The van der Waals surface area contributed by atoms with Crippen LogP contribution < -0.4 is 0 Å². The summed E-state index contributed by atoms with van der Waals surface area (Å²) in [6, 6.07) is 5.53. The number of amides is 1.